The van der Waals surface area contributed by atoms with Crippen LogP contribution in [0.2, 0.25) is 0 Å². The van der Waals surface area contributed by atoms with Crippen molar-refractivity contribution in [3.63, 3.8) is 0 Å². The lowest BCUT2D eigenvalue weighted by atomic mass is 9.55. The molecule has 1 aromatic rings. The number of Topliss-reactive ketones (excluding diaryl/α,β-unsaturated/α-hetero) is 1. The third-order valence-electron chi connectivity index (χ3n) is 8.04. The Balaban J connectivity index is 1.81. The third kappa shape index (κ3) is 3.22. The third-order valence-corrected chi connectivity index (χ3v) is 8.38. The Labute approximate surface area is 186 Å². The van der Waals surface area contributed by atoms with E-state index in [1.54, 1.807) is 6.07 Å². The van der Waals surface area contributed by atoms with Gasteiger partial charge in [0.25, 0.3) is 0 Å². The predicted molar refractivity (Wildman–Crippen MR) is 118 cm³/mol. The molecule has 1 unspecified atom stereocenters. The summed E-state index contributed by atoms with van der Waals surface area (Å²) in [6.07, 6.45) is 4.47. The number of hydrogen-bond donors (Lipinski definition) is 4. The maximum absolute atomic E-state index is 12.6. The van der Waals surface area contributed by atoms with Crippen LogP contribution >= 0.6 is 12.6 Å². The van der Waals surface area contributed by atoms with Gasteiger partial charge >= 0.3 is 5.97 Å². The summed E-state index contributed by atoms with van der Waals surface area (Å²) in [7, 11) is 0. The molecule has 31 heavy (non-hydrogen) atoms. The summed E-state index contributed by atoms with van der Waals surface area (Å²) < 4.78 is 0. The molecule has 0 bridgehead atoms. The molecule has 1 amide bonds. The summed E-state index contributed by atoms with van der Waals surface area (Å²) in [5.74, 6) is -1.66. The number of aliphatic carboxylic acids is 1. The number of rotatable bonds is 4. The van der Waals surface area contributed by atoms with Gasteiger partial charge < -0.3 is 15.3 Å². The second-order valence-electron chi connectivity index (χ2n) is 9.42. The number of benzene rings is 1. The summed E-state index contributed by atoms with van der Waals surface area (Å²) in [5, 5.41) is 31.1. The van der Waals surface area contributed by atoms with Gasteiger partial charge in [-0.3, -0.25) is 14.5 Å². The zero-order valence-corrected chi connectivity index (χ0v) is 18.7. The molecule has 0 spiro atoms. The Kier molecular flexibility index (Phi) is 5.48. The molecule has 3 aliphatic carbocycles. The minimum atomic E-state index is -1.27. The maximum atomic E-state index is 12.6. The number of anilines is 1. The quantitative estimate of drug-likeness (QED) is 0.416. The van der Waals surface area contributed by atoms with Crippen molar-refractivity contribution in [2.45, 2.75) is 64.3 Å². The number of phenols is 2. The van der Waals surface area contributed by atoms with E-state index in [4.69, 9.17) is 0 Å². The predicted octanol–water partition coefficient (Wildman–Crippen LogP) is 3.26. The van der Waals surface area contributed by atoms with Crippen molar-refractivity contribution < 1.29 is 29.7 Å². The van der Waals surface area contributed by atoms with E-state index in [1.165, 1.54) is 6.92 Å². The lowest BCUT2D eigenvalue weighted by Gasteiger charge is -2.48. The number of carboxylic acids is 1. The molecule has 168 valence electrons. The Morgan fingerprint density at radius 1 is 1.23 bits per heavy atom. The number of nitrogens with zero attached hydrogens (tertiary/aromatic N) is 1. The van der Waals surface area contributed by atoms with Gasteiger partial charge in [0.2, 0.25) is 5.91 Å². The Bertz CT molecular complexity index is 962. The topological polar surface area (TPSA) is 115 Å². The number of amides is 1. The van der Waals surface area contributed by atoms with Crippen LogP contribution in [0.1, 0.15) is 63.0 Å². The number of thiol groups is 1. The summed E-state index contributed by atoms with van der Waals surface area (Å²) in [5.41, 5.74) is 1.24. The van der Waals surface area contributed by atoms with Gasteiger partial charge in [-0.2, -0.15) is 12.6 Å². The second-order valence-corrected chi connectivity index (χ2v) is 9.78. The van der Waals surface area contributed by atoms with Crippen molar-refractivity contribution in [3.8, 4) is 11.5 Å². The maximum Gasteiger partial charge on any atom is 0.327 e. The smallest absolute Gasteiger partial charge is 0.327 e. The Morgan fingerprint density at radius 2 is 1.94 bits per heavy atom. The van der Waals surface area contributed by atoms with Crippen molar-refractivity contribution in [2.75, 3.05) is 10.7 Å². The number of fused-ring (bicyclic) bond motifs is 5. The van der Waals surface area contributed by atoms with Gasteiger partial charge in [-0.15, -0.1) is 0 Å². The lowest BCUT2D eigenvalue weighted by Crippen LogP contribution is -2.46. The molecule has 0 radical (unpaired) electrons. The number of aromatic hydroxyl groups is 2. The van der Waals surface area contributed by atoms with Crippen molar-refractivity contribution in [1.82, 2.24) is 0 Å². The van der Waals surface area contributed by atoms with Crippen LogP contribution in [0.3, 0.4) is 0 Å². The molecule has 0 aromatic heterocycles. The molecule has 7 nitrogen and oxygen atoms in total. The average molecular weight is 448 g/mol. The molecule has 0 saturated heterocycles. The van der Waals surface area contributed by atoms with Crippen LogP contribution in [-0.2, 0) is 20.8 Å². The van der Waals surface area contributed by atoms with Gasteiger partial charge in [-0.05, 0) is 61.5 Å². The van der Waals surface area contributed by atoms with Crippen LogP contribution in [0.15, 0.2) is 6.07 Å². The van der Waals surface area contributed by atoms with Crippen molar-refractivity contribution in [3.05, 3.63) is 17.2 Å². The van der Waals surface area contributed by atoms with Crippen LogP contribution in [-0.4, -0.2) is 44.8 Å². The lowest BCUT2D eigenvalue weighted by molar-refractivity contribution is -0.139. The number of phenolic OH excluding ortho intramolecular Hbond substituents is 2. The van der Waals surface area contributed by atoms with Crippen LogP contribution < -0.4 is 4.90 Å². The number of carbonyl (C=O) groups excluding carboxylic acids is 2. The van der Waals surface area contributed by atoms with Crippen molar-refractivity contribution in [1.29, 1.82) is 0 Å². The van der Waals surface area contributed by atoms with E-state index in [0.717, 1.165) is 36.1 Å². The Morgan fingerprint density at radius 3 is 2.55 bits per heavy atom. The fourth-order valence-corrected chi connectivity index (χ4v) is 6.79. The van der Waals surface area contributed by atoms with Gasteiger partial charge in [-0.25, -0.2) is 4.79 Å². The first kappa shape index (κ1) is 22.0. The molecule has 3 aliphatic rings. The molecule has 2 fully saturated rings. The molecule has 2 saturated carbocycles. The van der Waals surface area contributed by atoms with Crippen LogP contribution in [0.25, 0.3) is 0 Å². The molecular weight excluding hydrogens is 418 g/mol. The van der Waals surface area contributed by atoms with E-state index in [-0.39, 0.29) is 28.5 Å². The van der Waals surface area contributed by atoms with E-state index in [1.807, 2.05) is 0 Å². The molecule has 5 atom stereocenters. The minimum Gasteiger partial charge on any atom is -0.504 e. The summed E-state index contributed by atoms with van der Waals surface area (Å²) in [6.45, 7) is 3.31. The number of hydrogen-bond acceptors (Lipinski definition) is 6. The molecule has 0 aliphatic heterocycles. The molecule has 1 aromatic carbocycles. The number of ketones is 1. The standard InChI is InChI=1S/C23H29NO6S/c1-11(25)24(18(10-31)22(29)30)17-9-15-12-7-8-23(2)16(5-6-19(23)26)13(12)3-4-14(15)20(27)21(17)28/h9,12-13,16,18,27-28,31H,3-8,10H2,1-2H3,(H,29,30)/t12-,13+,16-,18?,23-/m0/s1. The summed E-state index contributed by atoms with van der Waals surface area (Å²) in [4.78, 5) is 37.7. The molecule has 0 heterocycles. The van der Waals surface area contributed by atoms with E-state index in [9.17, 15) is 29.7 Å². The van der Waals surface area contributed by atoms with E-state index >= 15 is 0 Å². The first-order valence-electron chi connectivity index (χ1n) is 10.9. The highest BCUT2D eigenvalue weighted by Gasteiger charge is 2.55. The van der Waals surface area contributed by atoms with Crippen LogP contribution in [0.5, 0.6) is 11.5 Å². The zero-order valence-electron chi connectivity index (χ0n) is 17.8. The molecule has 4 rings (SSSR count). The number of carboxylic acid groups (broad SMARTS) is 1. The minimum absolute atomic E-state index is 0.00156. The van der Waals surface area contributed by atoms with E-state index in [2.05, 4.69) is 19.6 Å². The van der Waals surface area contributed by atoms with Crippen molar-refractivity contribution in [2.24, 2.45) is 17.3 Å². The summed E-state index contributed by atoms with van der Waals surface area (Å²) in [6, 6.07) is 0.409. The first-order chi connectivity index (χ1) is 14.6. The van der Waals surface area contributed by atoms with E-state index < -0.39 is 23.7 Å². The van der Waals surface area contributed by atoms with Gasteiger partial charge in [0.05, 0.1) is 5.69 Å². The highest BCUT2D eigenvalue weighted by Crippen LogP contribution is 2.61. The first-order valence-corrected chi connectivity index (χ1v) is 11.5. The largest absolute Gasteiger partial charge is 0.504 e. The van der Waals surface area contributed by atoms with Gasteiger partial charge in [0, 0.05) is 30.1 Å². The molecule has 3 N–H and O–H groups in total. The second kappa shape index (κ2) is 7.73. The van der Waals surface area contributed by atoms with Gasteiger partial charge in [0.1, 0.15) is 11.8 Å². The van der Waals surface area contributed by atoms with Gasteiger partial charge in [0.15, 0.2) is 11.5 Å². The van der Waals surface area contributed by atoms with Crippen LogP contribution in [0.4, 0.5) is 5.69 Å². The average Bonchev–Trinajstić information content (AvgIpc) is 3.03. The fourth-order valence-electron chi connectivity index (χ4n) is 6.47. The molecular formula is C23H29NO6S. The SMILES string of the molecule is CC(=O)N(c1cc2c(c(O)c1O)CC[C@@H]1[C@@H]2CC[C@]2(C)C(=O)CC[C@@H]12)C(CS)C(=O)O. The fraction of sp³-hybridized carbons (Fsp3) is 0.609. The highest BCUT2D eigenvalue weighted by atomic mass is 32.1. The van der Waals surface area contributed by atoms with Gasteiger partial charge in [-0.1, -0.05) is 6.92 Å². The van der Waals surface area contributed by atoms with Crippen molar-refractivity contribution >= 4 is 36.0 Å². The summed E-state index contributed by atoms with van der Waals surface area (Å²) >= 11 is 4.08. The number of carbonyl (C=O) groups is 3. The zero-order chi connectivity index (χ0) is 22.7. The highest BCUT2D eigenvalue weighted by molar-refractivity contribution is 7.80. The van der Waals surface area contributed by atoms with Crippen LogP contribution in [0, 0.1) is 17.3 Å². The monoisotopic (exact) mass is 447 g/mol. The normalized spacial score (nSPS) is 30.2. The Hall–Kier alpha value is -2.22. The molecule has 8 heteroatoms. The van der Waals surface area contributed by atoms with E-state index in [0.29, 0.717) is 36.0 Å².